The lowest BCUT2D eigenvalue weighted by Crippen LogP contribution is -2.40. The third-order valence-electron chi connectivity index (χ3n) is 3.28. The molecule has 3 N–H and O–H groups in total. The molecule has 1 aromatic carbocycles. The fourth-order valence-corrected chi connectivity index (χ4v) is 2.29. The maximum Gasteiger partial charge on any atom is 0.347 e. The van der Waals surface area contributed by atoms with E-state index in [1.807, 2.05) is 0 Å². The number of nitrogens with zero attached hydrogens (tertiary/aromatic N) is 2. The second kappa shape index (κ2) is 3.64. The summed E-state index contributed by atoms with van der Waals surface area (Å²) in [6.45, 7) is 0. The molecule has 0 radical (unpaired) electrons. The normalized spacial score (nSPS) is 11.3. The van der Waals surface area contributed by atoms with Gasteiger partial charge in [0, 0.05) is 18.5 Å². The summed E-state index contributed by atoms with van der Waals surface area (Å²) in [4.78, 5) is 26.3. The van der Waals surface area contributed by atoms with Gasteiger partial charge in [-0.3, -0.25) is 4.79 Å². The fraction of sp³-hybridized carbons (Fsp3) is 0.167. The molecule has 0 saturated heterocycles. The zero-order valence-electron chi connectivity index (χ0n) is 10.4. The third-order valence-corrected chi connectivity index (χ3v) is 3.28. The average Bonchev–Trinajstić information content (AvgIpc) is 2.69. The van der Waals surface area contributed by atoms with E-state index in [-0.39, 0.29) is 0 Å². The fourth-order valence-electron chi connectivity index (χ4n) is 2.29. The highest BCUT2D eigenvalue weighted by molar-refractivity contribution is 6.05. The van der Waals surface area contributed by atoms with Crippen LogP contribution in [0.3, 0.4) is 0 Å². The van der Waals surface area contributed by atoms with Crippen molar-refractivity contribution < 1.29 is 4.74 Å². The number of aromatic nitrogens is 3. The summed E-state index contributed by atoms with van der Waals surface area (Å²) in [5.74, 6) is 6.09. The molecule has 0 spiro atoms. The van der Waals surface area contributed by atoms with Crippen molar-refractivity contribution in [1.29, 1.82) is 0 Å². The molecule has 0 amide bonds. The summed E-state index contributed by atoms with van der Waals surface area (Å²) in [5.41, 5.74) is 0.452. The molecule has 0 saturated carbocycles. The Hall–Kier alpha value is -2.70. The lowest BCUT2D eigenvalue weighted by molar-refractivity contribution is 0.415. The van der Waals surface area contributed by atoms with Gasteiger partial charge in [0.2, 0.25) is 0 Å². The van der Waals surface area contributed by atoms with Crippen LogP contribution in [0.1, 0.15) is 0 Å². The quantitative estimate of drug-likeness (QED) is 0.597. The van der Waals surface area contributed by atoms with Crippen LogP contribution in [-0.4, -0.2) is 21.3 Å². The van der Waals surface area contributed by atoms with Crippen LogP contribution < -0.4 is 21.8 Å². The summed E-state index contributed by atoms with van der Waals surface area (Å²) in [6, 6.07) is 5.37. The first-order chi connectivity index (χ1) is 9.04. The van der Waals surface area contributed by atoms with Crippen LogP contribution in [0.4, 0.5) is 0 Å². The van der Waals surface area contributed by atoms with E-state index in [1.165, 1.54) is 0 Å². The Kier molecular flexibility index (Phi) is 2.19. The Morgan fingerprint density at radius 2 is 2.05 bits per heavy atom. The number of aromatic amines is 1. The Bertz CT molecular complexity index is 916. The summed E-state index contributed by atoms with van der Waals surface area (Å²) in [5, 5.41) is 0.771. The Balaban J connectivity index is 2.63. The molecule has 0 bridgehead atoms. The second-order valence-corrected chi connectivity index (χ2v) is 4.27. The second-order valence-electron chi connectivity index (χ2n) is 4.27. The van der Waals surface area contributed by atoms with Crippen LogP contribution in [-0.2, 0) is 7.05 Å². The first kappa shape index (κ1) is 11.4. The van der Waals surface area contributed by atoms with Gasteiger partial charge in [-0.15, -0.1) is 0 Å². The molecule has 0 unspecified atom stereocenters. The van der Waals surface area contributed by atoms with Gasteiger partial charge in [0.15, 0.2) is 0 Å². The molecule has 98 valence electrons. The molecule has 0 aliphatic rings. The molecule has 3 rings (SSSR count). The van der Waals surface area contributed by atoms with Crippen molar-refractivity contribution in [3.63, 3.8) is 0 Å². The molecule has 7 nitrogen and oxygen atoms in total. The van der Waals surface area contributed by atoms with Gasteiger partial charge in [0.1, 0.15) is 11.3 Å². The van der Waals surface area contributed by atoms with Crippen molar-refractivity contribution in [3.8, 4) is 5.75 Å². The minimum Gasteiger partial charge on any atom is -0.497 e. The maximum absolute atomic E-state index is 12.1. The molecule has 0 aliphatic carbocycles. The highest BCUT2D eigenvalue weighted by Crippen LogP contribution is 2.27. The van der Waals surface area contributed by atoms with Gasteiger partial charge < -0.3 is 20.1 Å². The van der Waals surface area contributed by atoms with Gasteiger partial charge in [-0.2, -0.15) is 4.68 Å². The predicted molar refractivity (Wildman–Crippen MR) is 72.0 cm³/mol. The average molecular weight is 260 g/mol. The summed E-state index contributed by atoms with van der Waals surface area (Å²) < 4.78 is 7.41. The van der Waals surface area contributed by atoms with Crippen molar-refractivity contribution in [3.05, 3.63) is 39.0 Å². The number of ether oxygens (including phenoxy) is 1. The highest BCUT2D eigenvalue weighted by atomic mass is 16.5. The molecule has 0 atom stereocenters. The maximum atomic E-state index is 12.1. The number of H-pyrrole nitrogens is 1. The monoisotopic (exact) mass is 260 g/mol. The minimum atomic E-state index is -0.638. The van der Waals surface area contributed by atoms with Crippen LogP contribution in [0, 0.1) is 0 Å². The third kappa shape index (κ3) is 1.38. The predicted octanol–water partition coefficient (Wildman–Crippen LogP) is -0.0961. The van der Waals surface area contributed by atoms with Gasteiger partial charge in [-0.05, 0) is 12.1 Å². The van der Waals surface area contributed by atoms with Crippen molar-refractivity contribution in [2.45, 2.75) is 0 Å². The number of benzene rings is 1. The lowest BCUT2D eigenvalue weighted by atomic mass is 10.2. The van der Waals surface area contributed by atoms with Gasteiger partial charge in [0.05, 0.1) is 18.1 Å². The first-order valence-electron chi connectivity index (χ1n) is 5.61. The zero-order chi connectivity index (χ0) is 13.7. The van der Waals surface area contributed by atoms with Gasteiger partial charge in [-0.25, -0.2) is 4.79 Å². The lowest BCUT2D eigenvalue weighted by Gasteiger charge is -2.00. The van der Waals surface area contributed by atoms with Gasteiger partial charge >= 0.3 is 5.69 Å². The Morgan fingerprint density at radius 3 is 2.74 bits per heavy atom. The van der Waals surface area contributed by atoms with Gasteiger partial charge in [0.25, 0.3) is 5.56 Å². The van der Waals surface area contributed by atoms with Crippen molar-refractivity contribution in [2.24, 2.45) is 7.05 Å². The molecule has 7 heteroatoms. The van der Waals surface area contributed by atoms with Crippen LogP contribution in [0.25, 0.3) is 21.9 Å². The smallest absolute Gasteiger partial charge is 0.347 e. The summed E-state index contributed by atoms with van der Waals surface area (Å²) in [7, 11) is 3.31. The molecular formula is C12H12N4O3. The van der Waals surface area contributed by atoms with E-state index < -0.39 is 11.2 Å². The number of nitrogens with one attached hydrogen (secondary N) is 1. The number of rotatable bonds is 1. The van der Waals surface area contributed by atoms with Crippen molar-refractivity contribution in [1.82, 2.24) is 14.2 Å². The Morgan fingerprint density at radius 1 is 1.32 bits per heavy atom. The summed E-state index contributed by atoms with van der Waals surface area (Å²) >= 11 is 0. The zero-order valence-corrected chi connectivity index (χ0v) is 10.4. The van der Waals surface area contributed by atoms with Crippen LogP contribution >= 0.6 is 0 Å². The van der Waals surface area contributed by atoms with E-state index in [4.69, 9.17) is 10.6 Å². The van der Waals surface area contributed by atoms with E-state index in [2.05, 4.69) is 4.98 Å². The minimum absolute atomic E-state index is 0.352. The van der Waals surface area contributed by atoms with E-state index in [9.17, 15) is 9.59 Å². The molecule has 2 heterocycles. The largest absolute Gasteiger partial charge is 0.497 e. The van der Waals surface area contributed by atoms with Crippen molar-refractivity contribution >= 4 is 21.9 Å². The van der Waals surface area contributed by atoms with Gasteiger partial charge in [-0.1, -0.05) is 0 Å². The highest BCUT2D eigenvalue weighted by Gasteiger charge is 2.15. The van der Waals surface area contributed by atoms with Crippen LogP contribution in [0.15, 0.2) is 27.8 Å². The van der Waals surface area contributed by atoms with Crippen LogP contribution in [0.5, 0.6) is 5.75 Å². The van der Waals surface area contributed by atoms with Crippen LogP contribution in [0.2, 0.25) is 0 Å². The molecule has 19 heavy (non-hydrogen) atoms. The molecule has 0 aliphatic heterocycles. The number of methoxy groups -OCH3 is 1. The van der Waals surface area contributed by atoms with E-state index in [0.717, 1.165) is 10.9 Å². The molecule has 0 fully saturated rings. The van der Waals surface area contributed by atoms with Crippen molar-refractivity contribution in [2.75, 3.05) is 13.0 Å². The number of nitrogens with two attached hydrogens (primary N) is 1. The standard InChI is InChI=1S/C12H12N4O3/c1-15-8-5-6(19-2)3-4-7(8)9-10(15)11(17)16(13)12(18)14-9/h3-5H,13H2,1-2H3,(H,14,18). The molecular weight excluding hydrogens is 248 g/mol. The van der Waals surface area contributed by atoms with E-state index in [1.54, 1.807) is 36.9 Å². The number of hydrogen-bond donors (Lipinski definition) is 2. The number of nitrogen functional groups attached to an aromatic ring is 1. The topological polar surface area (TPSA) is 95.0 Å². The molecule has 2 aromatic heterocycles. The number of hydrogen-bond acceptors (Lipinski definition) is 4. The Labute approximate surface area is 106 Å². The molecule has 3 aromatic rings. The van der Waals surface area contributed by atoms with E-state index in [0.29, 0.717) is 21.5 Å². The number of aryl methyl sites for hydroxylation is 1. The summed E-state index contributed by atoms with van der Waals surface area (Å²) in [6.07, 6.45) is 0. The van der Waals surface area contributed by atoms with E-state index >= 15 is 0 Å². The SMILES string of the molecule is COc1ccc2c3[nH]c(=O)n(N)c(=O)c3n(C)c2c1. The number of fused-ring (bicyclic) bond motifs is 3. The first-order valence-corrected chi connectivity index (χ1v) is 5.61.